The minimum atomic E-state index is -4.64. The second-order valence-electron chi connectivity index (χ2n) is 4.78. The lowest BCUT2D eigenvalue weighted by molar-refractivity contribution is -0.136. The standard InChI is InChI=1S/C11H12F3NO4S2/c1-6-4-8(20-9(6)10(16)17)21(18,19)15(7-2-3-7)5-11(12,13)14/h4,7H,2-3,5H2,1H3,(H,16,17). The quantitative estimate of drug-likeness (QED) is 0.891. The predicted octanol–water partition coefficient (Wildman–Crippen LogP) is 2.47. The number of hydrogen-bond acceptors (Lipinski definition) is 4. The van der Waals surface area contributed by atoms with E-state index in [4.69, 9.17) is 5.11 Å². The average molecular weight is 343 g/mol. The highest BCUT2D eigenvalue weighted by molar-refractivity contribution is 7.91. The number of hydrogen-bond donors (Lipinski definition) is 1. The van der Waals surface area contributed by atoms with Gasteiger partial charge in [0.15, 0.2) is 0 Å². The summed E-state index contributed by atoms with van der Waals surface area (Å²) in [4.78, 5) is 10.7. The van der Waals surface area contributed by atoms with Crippen LogP contribution in [0.2, 0.25) is 0 Å². The number of thiophene rings is 1. The minimum Gasteiger partial charge on any atom is -0.477 e. The van der Waals surface area contributed by atoms with Crippen LogP contribution in [-0.4, -0.2) is 42.6 Å². The fourth-order valence-corrected chi connectivity index (χ4v) is 5.04. The molecule has 118 valence electrons. The summed E-state index contributed by atoms with van der Waals surface area (Å²) in [7, 11) is -4.34. The Morgan fingerprint density at radius 1 is 1.48 bits per heavy atom. The number of halogens is 3. The highest BCUT2D eigenvalue weighted by atomic mass is 32.2. The van der Waals surface area contributed by atoms with Crippen LogP contribution < -0.4 is 0 Å². The number of aryl methyl sites for hydroxylation is 1. The molecule has 5 nitrogen and oxygen atoms in total. The Bertz CT molecular complexity index is 661. The molecule has 1 aliphatic rings. The van der Waals surface area contributed by atoms with Crippen molar-refractivity contribution in [3.8, 4) is 0 Å². The van der Waals surface area contributed by atoms with E-state index in [-0.39, 0.29) is 14.6 Å². The van der Waals surface area contributed by atoms with Crippen LogP contribution in [0.1, 0.15) is 28.1 Å². The summed E-state index contributed by atoms with van der Waals surface area (Å²) in [5.41, 5.74) is 0.217. The fourth-order valence-electron chi connectivity index (χ4n) is 1.86. The van der Waals surface area contributed by atoms with Crippen molar-refractivity contribution in [2.75, 3.05) is 6.54 Å². The molecule has 1 aromatic heterocycles. The first kappa shape index (κ1) is 16.2. The van der Waals surface area contributed by atoms with Gasteiger partial charge in [-0.05, 0) is 31.4 Å². The van der Waals surface area contributed by atoms with Gasteiger partial charge in [0.25, 0.3) is 10.0 Å². The molecule has 0 radical (unpaired) electrons. The molecule has 10 heteroatoms. The predicted molar refractivity (Wildman–Crippen MR) is 69.0 cm³/mol. The second kappa shape index (κ2) is 5.25. The van der Waals surface area contributed by atoms with Crippen molar-refractivity contribution in [2.45, 2.75) is 36.2 Å². The highest BCUT2D eigenvalue weighted by Gasteiger charge is 2.45. The Morgan fingerprint density at radius 2 is 2.05 bits per heavy atom. The Hall–Kier alpha value is -1.13. The van der Waals surface area contributed by atoms with Crippen LogP contribution in [0.3, 0.4) is 0 Å². The number of nitrogens with zero attached hydrogens (tertiary/aromatic N) is 1. The number of rotatable bonds is 5. The summed E-state index contributed by atoms with van der Waals surface area (Å²) in [5, 5.41) is 8.91. The van der Waals surface area contributed by atoms with Gasteiger partial charge >= 0.3 is 12.1 Å². The molecule has 1 heterocycles. The van der Waals surface area contributed by atoms with Crippen LogP contribution in [0.5, 0.6) is 0 Å². The van der Waals surface area contributed by atoms with E-state index in [1.54, 1.807) is 0 Å². The molecular formula is C11H12F3NO4S2. The first-order valence-electron chi connectivity index (χ1n) is 5.94. The van der Waals surface area contributed by atoms with Crippen LogP contribution >= 0.6 is 11.3 Å². The average Bonchev–Trinajstić information content (AvgIpc) is 3.06. The van der Waals surface area contributed by atoms with E-state index in [0.29, 0.717) is 28.5 Å². The summed E-state index contributed by atoms with van der Waals surface area (Å²) in [6.07, 6.45) is -3.88. The minimum absolute atomic E-state index is 0.184. The highest BCUT2D eigenvalue weighted by Crippen LogP contribution is 2.37. The lowest BCUT2D eigenvalue weighted by Gasteiger charge is -2.22. The van der Waals surface area contributed by atoms with Gasteiger partial charge in [-0.2, -0.15) is 17.5 Å². The van der Waals surface area contributed by atoms with Gasteiger partial charge in [-0.15, -0.1) is 11.3 Å². The summed E-state index contributed by atoms with van der Waals surface area (Å²) in [6.45, 7) is -0.149. The zero-order valence-electron chi connectivity index (χ0n) is 10.8. The number of carboxylic acid groups (broad SMARTS) is 1. The van der Waals surface area contributed by atoms with Gasteiger partial charge in [0, 0.05) is 6.04 Å². The summed E-state index contributed by atoms with van der Waals surface area (Å²) < 4.78 is 62.4. The smallest absolute Gasteiger partial charge is 0.402 e. The van der Waals surface area contributed by atoms with Crippen molar-refractivity contribution < 1.29 is 31.5 Å². The van der Waals surface area contributed by atoms with Crippen LogP contribution in [-0.2, 0) is 10.0 Å². The molecule has 0 aromatic carbocycles. The fraction of sp³-hybridized carbons (Fsp3) is 0.545. The topological polar surface area (TPSA) is 74.7 Å². The van der Waals surface area contributed by atoms with E-state index in [9.17, 15) is 26.4 Å². The summed E-state index contributed by atoms with van der Waals surface area (Å²) in [6, 6.07) is 0.446. The van der Waals surface area contributed by atoms with Crippen molar-refractivity contribution in [3.63, 3.8) is 0 Å². The van der Waals surface area contributed by atoms with Crippen molar-refractivity contribution in [3.05, 3.63) is 16.5 Å². The van der Waals surface area contributed by atoms with E-state index >= 15 is 0 Å². The zero-order valence-corrected chi connectivity index (χ0v) is 12.5. The molecule has 1 aromatic rings. The monoisotopic (exact) mass is 343 g/mol. The molecule has 1 fully saturated rings. The van der Waals surface area contributed by atoms with E-state index in [1.807, 2.05) is 0 Å². The van der Waals surface area contributed by atoms with Gasteiger partial charge in [0.1, 0.15) is 15.6 Å². The Labute approximate surface area is 123 Å². The first-order valence-corrected chi connectivity index (χ1v) is 8.20. The third kappa shape index (κ3) is 3.55. The zero-order chi connectivity index (χ0) is 16.0. The van der Waals surface area contributed by atoms with Gasteiger partial charge in [0.05, 0.1) is 0 Å². The van der Waals surface area contributed by atoms with Crippen molar-refractivity contribution in [1.29, 1.82) is 0 Å². The van der Waals surface area contributed by atoms with Gasteiger partial charge < -0.3 is 5.11 Å². The second-order valence-corrected chi connectivity index (χ2v) is 7.95. The van der Waals surface area contributed by atoms with E-state index in [2.05, 4.69) is 0 Å². The normalized spacial score (nSPS) is 16.4. The van der Waals surface area contributed by atoms with Crippen LogP contribution in [0.15, 0.2) is 10.3 Å². The molecule has 0 aliphatic heterocycles. The van der Waals surface area contributed by atoms with Crippen molar-refractivity contribution in [1.82, 2.24) is 4.31 Å². The van der Waals surface area contributed by atoms with Crippen LogP contribution in [0, 0.1) is 6.92 Å². The SMILES string of the molecule is Cc1cc(S(=O)(=O)N(CC(F)(F)F)C2CC2)sc1C(=O)O. The van der Waals surface area contributed by atoms with E-state index < -0.39 is 34.8 Å². The Morgan fingerprint density at radius 3 is 2.43 bits per heavy atom. The molecule has 0 amide bonds. The third-order valence-corrected chi connectivity index (χ3v) is 6.51. The lowest BCUT2D eigenvalue weighted by atomic mass is 10.3. The van der Waals surface area contributed by atoms with E-state index in [0.717, 1.165) is 6.07 Å². The lowest BCUT2D eigenvalue weighted by Crippen LogP contribution is -2.40. The first-order chi connectivity index (χ1) is 9.52. The molecular weight excluding hydrogens is 331 g/mol. The number of carbonyl (C=O) groups is 1. The van der Waals surface area contributed by atoms with Gasteiger partial charge in [-0.25, -0.2) is 13.2 Å². The molecule has 1 saturated carbocycles. The summed E-state index contributed by atoms with van der Waals surface area (Å²) >= 11 is 0.478. The maximum Gasteiger partial charge on any atom is 0.402 e. The van der Waals surface area contributed by atoms with Gasteiger partial charge in [-0.1, -0.05) is 0 Å². The third-order valence-electron chi connectivity index (χ3n) is 2.94. The van der Waals surface area contributed by atoms with Crippen molar-refractivity contribution in [2.24, 2.45) is 0 Å². The molecule has 0 saturated heterocycles. The van der Waals surface area contributed by atoms with Crippen molar-refractivity contribution >= 4 is 27.3 Å². The molecule has 0 atom stereocenters. The molecule has 0 spiro atoms. The Balaban J connectivity index is 2.39. The number of aromatic carboxylic acids is 1. The van der Waals surface area contributed by atoms with Crippen LogP contribution in [0.4, 0.5) is 13.2 Å². The van der Waals surface area contributed by atoms with Gasteiger partial charge in [-0.3, -0.25) is 0 Å². The molecule has 0 unspecified atom stereocenters. The molecule has 2 rings (SSSR count). The largest absolute Gasteiger partial charge is 0.477 e. The maximum absolute atomic E-state index is 12.6. The number of carboxylic acids is 1. The number of sulfonamides is 1. The Kier molecular flexibility index (Phi) is 4.06. The van der Waals surface area contributed by atoms with Crippen LogP contribution in [0.25, 0.3) is 0 Å². The number of alkyl halides is 3. The molecule has 21 heavy (non-hydrogen) atoms. The molecule has 0 bridgehead atoms. The van der Waals surface area contributed by atoms with Gasteiger partial charge in [0.2, 0.25) is 0 Å². The summed E-state index contributed by atoms with van der Waals surface area (Å²) in [5.74, 6) is -1.30. The van der Waals surface area contributed by atoms with E-state index in [1.165, 1.54) is 6.92 Å². The molecule has 1 N–H and O–H groups in total. The maximum atomic E-state index is 12.6. The molecule has 1 aliphatic carbocycles.